The molecule has 0 aromatic carbocycles. The zero-order chi connectivity index (χ0) is 17.3. The highest BCUT2D eigenvalue weighted by molar-refractivity contribution is 7.92. The molecule has 0 aliphatic heterocycles. The Morgan fingerprint density at radius 1 is 1.00 bits per heavy atom. The minimum Gasteiger partial charge on any atom is -0.352 e. The minimum atomic E-state index is -3.05. The Balaban J connectivity index is 2.27. The SMILES string of the molecule is CC(C)(C)S(=O)(=O)CCCCCNC(=O)C1=C/C=C\C=C/C=C\1. The van der Waals surface area contributed by atoms with E-state index in [1.165, 1.54) is 0 Å². The van der Waals surface area contributed by atoms with Crippen LogP contribution in [0.15, 0.2) is 48.1 Å². The fourth-order valence-electron chi connectivity index (χ4n) is 1.92. The van der Waals surface area contributed by atoms with Gasteiger partial charge in [-0.3, -0.25) is 4.79 Å². The van der Waals surface area contributed by atoms with Crippen molar-refractivity contribution in [1.82, 2.24) is 5.32 Å². The zero-order valence-corrected chi connectivity index (χ0v) is 15.0. The molecule has 0 saturated heterocycles. The van der Waals surface area contributed by atoms with Gasteiger partial charge in [-0.2, -0.15) is 0 Å². The summed E-state index contributed by atoms with van der Waals surface area (Å²) in [5.74, 6) is 0.0960. The quantitative estimate of drug-likeness (QED) is 0.726. The monoisotopic (exact) mass is 337 g/mol. The normalized spacial score (nSPS) is 21.4. The molecule has 0 aromatic heterocycles. The van der Waals surface area contributed by atoms with E-state index in [4.69, 9.17) is 0 Å². The van der Waals surface area contributed by atoms with Gasteiger partial charge in [-0.25, -0.2) is 8.42 Å². The van der Waals surface area contributed by atoms with Crippen molar-refractivity contribution in [3.05, 3.63) is 48.1 Å². The van der Waals surface area contributed by atoms with Crippen LogP contribution in [0.4, 0.5) is 0 Å². The Morgan fingerprint density at radius 3 is 2.35 bits per heavy atom. The highest BCUT2D eigenvalue weighted by atomic mass is 32.2. The molecule has 128 valence electrons. The van der Waals surface area contributed by atoms with Crippen molar-refractivity contribution >= 4 is 15.7 Å². The van der Waals surface area contributed by atoms with Crippen LogP contribution in [0.1, 0.15) is 40.0 Å². The van der Waals surface area contributed by atoms with Crippen LogP contribution < -0.4 is 5.32 Å². The summed E-state index contributed by atoms with van der Waals surface area (Å²) >= 11 is 0. The van der Waals surface area contributed by atoms with Gasteiger partial charge in [0.2, 0.25) is 0 Å². The Hall–Kier alpha value is -1.62. The second kappa shape index (κ2) is 8.87. The lowest BCUT2D eigenvalue weighted by Crippen LogP contribution is -2.30. The lowest BCUT2D eigenvalue weighted by molar-refractivity contribution is -0.117. The van der Waals surface area contributed by atoms with E-state index in [-0.39, 0.29) is 11.7 Å². The molecule has 0 unspecified atom stereocenters. The summed E-state index contributed by atoms with van der Waals surface area (Å²) in [5, 5.41) is 2.86. The first-order chi connectivity index (χ1) is 10.7. The topological polar surface area (TPSA) is 63.2 Å². The van der Waals surface area contributed by atoms with Crippen LogP contribution in [0.5, 0.6) is 0 Å². The number of unbranched alkanes of at least 4 members (excludes halogenated alkanes) is 2. The number of hydrogen-bond acceptors (Lipinski definition) is 3. The molecule has 1 aliphatic rings. The molecular formula is C18H27NO3S. The average molecular weight is 337 g/mol. The second-order valence-corrected chi connectivity index (χ2v) is 9.36. The van der Waals surface area contributed by atoms with Crippen LogP contribution in [0.2, 0.25) is 0 Å². The first-order valence-corrected chi connectivity index (χ1v) is 9.61. The van der Waals surface area contributed by atoms with Crippen molar-refractivity contribution in [2.24, 2.45) is 0 Å². The molecule has 5 heteroatoms. The molecule has 0 bridgehead atoms. The van der Waals surface area contributed by atoms with Gasteiger partial charge in [-0.05, 0) is 45.8 Å². The number of carbonyl (C=O) groups excluding carboxylic acids is 1. The van der Waals surface area contributed by atoms with E-state index in [0.29, 0.717) is 18.5 Å². The Labute approximate surface area is 140 Å². The van der Waals surface area contributed by atoms with E-state index >= 15 is 0 Å². The van der Waals surface area contributed by atoms with Gasteiger partial charge in [0.1, 0.15) is 0 Å². The molecule has 1 rings (SSSR count). The predicted molar refractivity (Wildman–Crippen MR) is 95.9 cm³/mol. The molecule has 0 fully saturated rings. The van der Waals surface area contributed by atoms with Gasteiger partial charge >= 0.3 is 0 Å². The number of allylic oxidation sites excluding steroid dienone is 6. The van der Waals surface area contributed by atoms with Crippen LogP contribution in [0.25, 0.3) is 0 Å². The van der Waals surface area contributed by atoms with Gasteiger partial charge in [0.25, 0.3) is 5.91 Å². The van der Waals surface area contributed by atoms with Crippen LogP contribution in [0, 0.1) is 0 Å². The summed E-state index contributed by atoms with van der Waals surface area (Å²) in [6.07, 6.45) is 15.0. The zero-order valence-electron chi connectivity index (χ0n) is 14.2. The lowest BCUT2D eigenvalue weighted by atomic mass is 10.1. The summed E-state index contributed by atoms with van der Waals surface area (Å²) in [4.78, 5) is 12.0. The summed E-state index contributed by atoms with van der Waals surface area (Å²) in [7, 11) is -3.05. The van der Waals surface area contributed by atoms with E-state index in [9.17, 15) is 13.2 Å². The number of sulfone groups is 1. The first-order valence-electron chi connectivity index (χ1n) is 7.96. The van der Waals surface area contributed by atoms with Crippen LogP contribution >= 0.6 is 0 Å². The van der Waals surface area contributed by atoms with Crippen molar-refractivity contribution in [3.63, 3.8) is 0 Å². The van der Waals surface area contributed by atoms with E-state index in [1.54, 1.807) is 32.9 Å². The van der Waals surface area contributed by atoms with Gasteiger partial charge < -0.3 is 5.32 Å². The third-order valence-corrected chi connectivity index (χ3v) is 6.26. The number of carbonyl (C=O) groups is 1. The molecule has 0 heterocycles. The average Bonchev–Trinajstić information content (AvgIpc) is 2.40. The summed E-state index contributed by atoms with van der Waals surface area (Å²) in [6.45, 7) is 5.73. The molecule has 0 radical (unpaired) electrons. The smallest absolute Gasteiger partial charge is 0.251 e. The van der Waals surface area contributed by atoms with E-state index in [2.05, 4.69) is 5.32 Å². The fraction of sp³-hybridized carbons (Fsp3) is 0.500. The van der Waals surface area contributed by atoms with Crippen molar-refractivity contribution in [2.75, 3.05) is 12.3 Å². The number of amides is 1. The van der Waals surface area contributed by atoms with Crippen LogP contribution in [-0.2, 0) is 14.6 Å². The number of hydrogen-bond donors (Lipinski definition) is 1. The molecule has 1 N–H and O–H groups in total. The predicted octanol–water partition coefficient (Wildman–Crippen LogP) is 3.09. The highest BCUT2D eigenvalue weighted by Gasteiger charge is 2.27. The maximum absolute atomic E-state index is 12.0. The van der Waals surface area contributed by atoms with E-state index in [0.717, 1.165) is 12.8 Å². The van der Waals surface area contributed by atoms with E-state index in [1.807, 2.05) is 30.4 Å². The van der Waals surface area contributed by atoms with Crippen molar-refractivity contribution in [3.8, 4) is 0 Å². The fourth-order valence-corrected chi connectivity index (χ4v) is 3.12. The number of rotatable bonds is 7. The van der Waals surface area contributed by atoms with Crippen molar-refractivity contribution < 1.29 is 13.2 Å². The lowest BCUT2D eigenvalue weighted by Gasteiger charge is -2.18. The van der Waals surface area contributed by atoms with E-state index < -0.39 is 14.6 Å². The molecular weight excluding hydrogens is 310 g/mol. The highest BCUT2D eigenvalue weighted by Crippen LogP contribution is 2.17. The summed E-state index contributed by atoms with van der Waals surface area (Å²) < 4.78 is 23.2. The van der Waals surface area contributed by atoms with Gasteiger partial charge in [-0.1, -0.05) is 36.8 Å². The molecule has 0 saturated carbocycles. The second-order valence-electron chi connectivity index (χ2n) is 6.50. The van der Waals surface area contributed by atoms with Crippen LogP contribution in [0.3, 0.4) is 0 Å². The van der Waals surface area contributed by atoms with Gasteiger partial charge in [-0.15, -0.1) is 0 Å². The molecule has 4 nitrogen and oxygen atoms in total. The third kappa shape index (κ3) is 6.99. The van der Waals surface area contributed by atoms with Crippen molar-refractivity contribution in [2.45, 2.75) is 44.8 Å². The summed E-state index contributed by atoms with van der Waals surface area (Å²) in [6, 6.07) is 0. The van der Waals surface area contributed by atoms with Gasteiger partial charge in [0.15, 0.2) is 9.84 Å². The summed E-state index contributed by atoms with van der Waals surface area (Å²) in [5.41, 5.74) is 0.612. The third-order valence-electron chi connectivity index (χ3n) is 3.57. The largest absolute Gasteiger partial charge is 0.352 e. The Bertz CT molecular complexity index is 617. The van der Waals surface area contributed by atoms with Crippen molar-refractivity contribution in [1.29, 1.82) is 0 Å². The Morgan fingerprint density at radius 2 is 1.65 bits per heavy atom. The molecule has 23 heavy (non-hydrogen) atoms. The molecule has 1 amide bonds. The van der Waals surface area contributed by atoms with Crippen LogP contribution in [-0.4, -0.2) is 31.4 Å². The van der Waals surface area contributed by atoms with Gasteiger partial charge in [0.05, 0.1) is 10.5 Å². The standard InChI is InChI=1S/C18H27NO3S/c1-18(2,3)23(21,22)15-11-7-10-14-19-17(20)16-12-8-5-4-6-9-13-16/h4-6,8-9,12-13H,7,10-11,14-15H2,1-3H3,(H,19,20)/b5-4-,6-4?,8-5?,9-6-,12-8-,13-9?,16-12?,16-13+. The molecule has 1 aliphatic carbocycles. The first kappa shape index (κ1) is 19.4. The molecule has 0 atom stereocenters. The molecule has 0 spiro atoms. The Kier molecular flexibility index (Phi) is 7.49. The molecule has 0 aromatic rings. The maximum atomic E-state index is 12.0. The maximum Gasteiger partial charge on any atom is 0.251 e. The van der Waals surface area contributed by atoms with Gasteiger partial charge in [0, 0.05) is 12.1 Å². The number of nitrogens with one attached hydrogen (secondary N) is 1. The minimum absolute atomic E-state index is 0.108.